The fourth-order valence-electron chi connectivity index (χ4n) is 1.99. The number of carbonyl (C=O) groups is 1. The van der Waals surface area contributed by atoms with E-state index in [2.05, 4.69) is 10.6 Å². The second-order valence-electron chi connectivity index (χ2n) is 4.91. The Bertz CT molecular complexity index is 223. The zero-order valence-electron chi connectivity index (χ0n) is 9.84. The van der Waals surface area contributed by atoms with Crippen molar-refractivity contribution in [2.45, 2.75) is 38.1 Å². The van der Waals surface area contributed by atoms with Gasteiger partial charge in [0.25, 0.3) is 0 Å². The van der Waals surface area contributed by atoms with Gasteiger partial charge in [-0.2, -0.15) is 0 Å². The Hall–Kier alpha value is -0.610. The Balaban J connectivity index is 1.47. The van der Waals surface area contributed by atoms with Gasteiger partial charge in [-0.1, -0.05) is 6.42 Å². The van der Waals surface area contributed by atoms with Crippen molar-refractivity contribution in [1.29, 1.82) is 0 Å². The van der Waals surface area contributed by atoms with Crippen molar-refractivity contribution >= 4 is 5.91 Å². The van der Waals surface area contributed by atoms with E-state index in [1.165, 1.54) is 32.1 Å². The first-order valence-corrected chi connectivity index (χ1v) is 6.42. The Kier molecular flexibility index (Phi) is 4.60. The minimum Gasteiger partial charge on any atom is -0.370 e. The van der Waals surface area contributed by atoms with E-state index in [1.807, 2.05) is 0 Å². The molecule has 16 heavy (non-hydrogen) atoms. The first-order chi connectivity index (χ1) is 7.84. The van der Waals surface area contributed by atoms with Gasteiger partial charge in [0.1, 0.15) is 6.61 Å². The zero-order chi connectivity index (χ0) is 11.2. The molecule has 1 unspecified atom stereocenters. The van der Waals surface area contributed by atoms with Gasteiger partial charge in [-0.15, -0.1) is 0 Å². The van der Waals surface area contributed by atoms with Crippen LogP contribution in [0.15, 0.2) is 0 Å². The molecule has 0 spiro atoms. The van der Waals surface area contributed by atoms with Gasteiger partial charge in [-0.3, -0.25) is 4.79 Å². The lowest BCUT2D eigenvalue weighted by molar-refractivity contribution is -0.126. The highest BCUT2D eigenvalue weighted by molar-refractivity contribution is 5.77. The number of nitrogens with one attached hydrogen (secondary N) is 2. The lowest BCUT2D eigenvalue weighted by Gasteiger charge is -2.22. The van der Waals surface area contributed by atoms with Crippen LogP contribution in [0.2, 0.25) is 0 Å². The van der Waals surface area contributed by atoms with E-state index in [0.717, 1.165) is 19.0 Å². The third-order valence-electron chi connectivity index (χ3n) is 3.25. The SMILES string of the molecule is O=C(COCC1CCCCN1)NCC1CC1. The first-order valence-electron chi connectivity index (χ1n) is 6.42. The maximum absolute atomic E-state index is 11.4. The van der Waals surface area contributed by atoms with Crippen molar-refractivity contribution < 1.29 is 9.53 Å². The Morgan fingerprint density at radius 3 is 2.88 bits per heavy atom. The van der Waals surface area contributed by atoms with Crippen molar-refractivity contribution in [3.05, 3.63) is 0 Å². The van der Waals surface area contributed by atoms with E-state index in [1.54, 1.807) is 0 Å². The molecule has 1 aliphatic carbocycles. The van der Waals surface area contributed by atoms with E-state index in [9.17, 15) is 4.79 Å². The number of piperidine rings is 1. The van der Waals surface area contributed by atoms with Crippen LogP contribution in [0.5, 0.6) is 0 Å². The highest BCUT2D eigenvalue weighted by Crippen LogP contribution is 2.27. The number of carbonyl (C=O) groups excluding carboxylic acids is 1. The van der Waals surface area contributed by atoms with Gasteiger partial charge >= 0.3 is 0 Å². The minimum atomic E-state index is 0.0303. The normalized spacial score (nSPS) is 25.4. The fraction of sp³-hybridized carbons (Fsp3) is 0.917. The van der Waals surface area contributed by atoms with E-state index >= 15 is 0 Å². The molecule has 1 saturated carbocycles. The molecule has 1 heterocycles. The molecular formula is C12H22N2O2. The average Bonchev–Trinajstić information content (AvgIpc) is 3.12. The molecule has 2 N–H and O–H groups in total. The maximum Gasteiger partial charge on any atom is 0.246 e. The summed E-state index contributed by atoms with van der Waals surface area (Å²) in [5.41, 5.74) is 0. The predicted octanol–water partition coefficient (Wildman–Crippen LogP) is 0.671. The van der Waals surface area contributed by atoms with Crippen molar-refractivity contribution in [3.8, 4) is 0 Å². The maximum atomic E-state index is 11.4. The monoisotopic (exact) mass is 226 g/mol. The molecule has 0 aromatic carbocycles. The lowest BCUT2D eigenvalue weighted by Crippen LogP contribution is -2.39. The van der Waals surface area contributed by atoms with E-state index in [4.69, 9.17) is 4.74 Å². The van der Waals surface area contributed by atoms with Gasteiger partial charge < -0.3 is 15.4 Å². The third-order valence-corrected chi connectivity index (χ3v) is 3.25. The van der Waals surface area contributed by atoms with Crippen LogP contribution >= 0.6 is 0 Å². The van der Waals surface area contributed by atoms with Crippen LogP contribution < -0.4 is 10.6 Å². The number of hydrogen-bond donors (Lipinski definition) is 2. The molecule has 92 valence electrons. The van der Waals surface area contributed by atoms with E-state index in [-0.39, 0.29) is 12.5 Å². The van der Waals surface area contributed by atoms with Gasteiger partial charge in [-0.25, -0.2) is 0 Å². The van der Waals surface area contributed by atoms with Crippen molar-refractivity contribution in [2.75, 3.05) is 26.3 Å². The minimum absolute atomic E-state index is 0.0303. The standard InChI is InChI=1S/C12H22N2O2/c15-12(14-7-10-4-5-10)9-16-8-11-3-1-2-6-13-11/h10-11,13H,1-9H2,(H,14,15). The average molecular weight is 226 g/mol. The van der Waals surface area contributed by atoms with Gasteiger partial charge in [0, 0.05) is 12.6 Å². The van der Waals surface area contributed by atoms with Crippen LogP contribution in [-0.2, 0) is 9.53 Å². The summed E-state index contributed by atoms with van der Waals surface area (Å²) in [6, 6.07) is 0.449. The van der Waals surface area contributed by atoms with Crippen LogP contribution in [0.1, 0.15) is 32.1 Å². The number of amides is 1. The summed E-state index contributed by atoms with van der Waals surface area (Å²) >= 11 is 0. The summed E-state index contributed by atoms with van der Waals surface area (Å²) in [5.74, 6) is 0.770. The number of ether oxygens (including phenoxy) is 1. The molecule has 0 aromatic rings. The molecular weight excluding hydrogens is 204 g/mol. The molecule has 2 rings (SSSR count). The molecule has 1 atom stereocenters. The molecule has 1 saturated heterocycles. The van der Waals surface area contributed by atoms with Gasteiger partial charge in [0.05, 0.1) is 6.61 Å². The predicted molar refractivity (Wildman–Crippen MR) is 62.2 cm³/mol. The second-order valence-corrected chi connectivity index (χ2v) is 4.91. The molecule has 1 aliphatic heterocycles. The summed E-state index contributed by atoms with van der Waals surface area (Å²) < 4.78 is 5.41. The van der Waals surface area contributed by atoms with Crippen LogP contribution in [-0.4, -0.2) is 38.3 Å². The van der Waals surface area contributed by atoms with Crippen LogP contribution in [0.3, 0.4) is 0 Å². The molecule has 4 heteroatoms. The highest BCUT2D eigenvalue weighted by atomic mass is 16.5. The number of hydrogen-bond acceptors (Lipinski definition) is 3. The highest BCUT2D eigenvalue weighted by Gasteiger charge is 2.21. The number of rotatable bonds is 6. The third kappa shape index (κ3) is 4.49. The Labute approximate surface area is 97.1 Å². The summed E-state index contributed by atoms with van der Waals surface area (Å²) in [5, 5.41) is 6.29. The van der Waals surface area contributed by atoms with Gasteiger partial charge in [0.15, 0.2) is 0 Å². The smallest absolute Gasteiger partial charge is 0.246 e. The summed E-state index contributed by atoms with van der Waals surface area (Å²) in [6.45, 7) is 2.80. The molecule has 0 bridgehead atoms. The van der Waals surface area contributed by atoms with E-state index < -0.39 is 0 Å². The van der Waals surface area contributed by atoms with E-state index in [0.29, 0.717) is 12.6 Å². The first kappa shape index (κ1) is 11.9. The second kappa shape index (κ2) is 6.21. The quantitative estimate of drug-likeness (QED) is 0.700. The van der Waals surface area contributed by atoms with Crippen molar-refractivity contribution in [2.24, 2.45) is 5.92 Å². The van der Waals surface area contributed by atoms with Crippen LogP contribution in [0.25, 0.3) is 0 Å². The summed E-state index contributed by atoms with van der Waals surface area (Å²) in [4.78, 5) is 11.4. The van der Waals surface area contributed by atoms with Crippen LogP contribution in [0, 0.1) is 5.92 Å². The van der Waals surface area contributed by atoms with Gasteiger partial charge in [-0.05, 0) is 38.1 Å². The molecule has 2 aliphatic rings. The summed E-state index contributed by atoms with van der Waals surface area (Å²) in [7, 11) is 0. The Morgan fingerprint density at radius 2 is 2.19 bits per heavy atom. The molecule has 4 nitrogen and oxygen atoms in total. The molecule has 0 radical (unpaired) electrons. The summed E-state index contributed by atoms with van der Waals surface area (Å²) in [6.07, 6.45) is 6.25. The van der Waals surface area contributed by atoms with Crippen molar-refractivity contribution in [1.82, 2.24) is 10.6 Å². The topological polar surface area (TPSA) is 50.4 Å². The van der Waals surface area contributed by atoms with Crippen molar-refractivity contribution in [3.63, 3.8) is 0 Å². The van der Waals surface area contributed by atoms with Crippen LogP contribution in [0.4, 0.5) is 0 Å². The zero-order valence-corrected chi connectivity index (χ0v) is 9.84. The molecule has 1 amide bonds. The van der Waals surface area contributed by atoms with Gasteiger partial charge in [0.2, 0.25) is 5.91 Å². The lowest BCUT2D eigenvalue weighted by atomic mass is 10.1. The fourth-order valence-corrected chi connectivity index (χ4v) is 1.99. The molecule has 2 fully saturated rings. The Morgan fingerprint density at radius 1 is 1.31 bits per heavy atom. The molecule has 0 aromatic heterocycles. The largest absolute Gasteiger partial charge is 0.370 e.